The summed E-state index contributed by atoms with van der Waals surface area (Å²) in [7, 11) is 1.84. The summed E-state index contributed by atoms with van der Waals surface area (Å²) in [5.74, 6) is -1.16. The normalized spacial score (nSPS) is 12.5. The first-order chi connectivity index (χ1) is 7.67. The van der Waals surface area contributed by atoms with Gasteiger partial charge in [0.05, 0.1) is 0 Å². The summed E-state index contributed by atoms with van der Waals surface area (Å²) in [5, 5.41) is 3.08. The van der Waals surface area contributed by atoms with Crippen LogP contribution in [0.25, 0.3) is 0 Å². The molecule has 1 atom stereocenters. The second kappa shape index (κ2) is 6.43. The molecule has 0 radical (unpaired) electrons. The maximum atomic E-state index is 13.2. The Labute approximate surface area is 94.6 Å². The molecule has 0 spiro atoms. The molecule has 0 amide bonds. The number of hydrogen-bond donors (Lipinski definition) is 1. The number of benzene rings is 1. The van der Waals surface area contributed by atoms with Crippen molar-refractivity contribution in [2.75, 3.05) is 13.7 Å². The van der Waals surface area contributed by atoms with Crippen LogP contribution in [0.2, 0.25) is 0 Å². The minimum atomic E-state index is -0.661. The van der Waals surface area contributed by atoms with Crippen molar-refractivity contribution in [3.8, 4) is 5.75 Å². The van der Waals surface area contributed by atoms with Crippen molar-refractivity contribution in [1.29, 1.82) is 0 Å². The van der Waals surface area contributed by atoms with Gasteiger partial charge in [0.2, 0.25) is 0 Å². The van der Waals surface area contributed by atoms with Gasteiger partial charge in [0.15, 0.2) is 11.6 Å². The Bertz CT molecular complexity index is 331. The van der Waals surface area contributed by atoms with E-state index in [9.17, 15) is 8.78 Å². The highest BCUT2D eigenvalue weighted by atomic mass is 19.1. The molecule has 0 aromatic heterocycles. The van der Waals surface area contributed by atoms with Crippen molar-refractivity contribution in [1.82, 2.24) is 5.32 Å². The highest BCUT2D eigenvalue weighted by Gasteiger charge is 2.09. The summed E-state index contributed by atoms with van der Waals surface area (Å²) in [6.45, 7) is 2.45. The molecule has 0 bridgehead atoms. The Morgan fingerprint density at radius 1 is 1.38 bits per heavy atom. The zero-order chi connectivity index (χ0) is 12.0. The molecule has 4 heteroatoms. The molecule has 1 N–H and O–H groups in total. The molecule has 0 aliphatic heterocycles. The molecular weight excluding hydrogens is 212 g/mol. The van der Waals surface area contributed by atoms with Gasteiger partial charge >= 0.3 is 0 Å². The average Bonchev–Trinajstić information content (AvgIpc) is 2.26. The van der Waals surface area contributed by atoms with Crippen molar-refractivity contribution in [3.63, 3.8) is 0 Å². The minimum Gasteiger partial charge on any atom is -0.489 e. The van der Waals surface area contributed by atoms with Gasteiger partial charge in [-0.05, 0) is 25.6 Å². The van der Waals surface area contributed by atoms with Gasteiger partial charge in [-0.1, -0.05) is 13.3 Å². The van der Waals surface area contributed by atoms with Crippen molar-refractivity contribution in [3.05, 3.63) is 29.8 Å². The number of halogens is 2. The third-order valence-corrected chi connectivity index (χ3v) is 2.38. The van der Waals surface area contributed by atoms with Crippen LogP contribution in [0.4, 0.5) is 8.78 Å². The van der Waals surface area contributed by atoms with E-state index in [4.69, 9.17) is 4.74 Å². The maximum Gasteiger partial charge on any atom is 0.167 e. The molecule has 1 unspecified atom stereocenters. The smallest absolute Gasteiger partial charge is 0.167 e. The van der Waals surface area contributed by atoms with Gasteiger partial charge in [0.1, 0.15) is 12.4 Å². The average molecular weight is 229 g/mol. The van der Waals surface area contributed by atoms with Gasteiger partial charge in [-0.15, -0.1) is 0 Å². The van der Waals surface area contributed by atoms with Gasteiger partial charge in [-0.2, -0.15) is 0 Å². The lowest BCUT2D eigenvalue weighted by atomic mass is 10.2. The van der Waals surface area contributed by atoms with Gasteiger partial charge in [-0.3, -0.25) is 0 Å². The molecule has 1 rings (SSSR count). The molecule has 0 fully saturated rings. The predicted molar refractivity (Wildman–Crippen MR) is 59.6 cm³/mol. The van der Waals surface area contributed by atoms with Crippen LogP contribution in [0.5, 0.6) is 5.75 Å². The lowest BCUT2D eigenvalue weighted by molar-refractivity contribution is 0.252. The topological polar surface area (TPSA) is 21.3 Å². The van der Waals surface area contributed by atoms with Crippen LogP contribution in [0, 0.1) is 11.6 Å². The van der Waals surface area contributed by atoms with E-state index in [1.807, 2.05) is 7.05 Å². The minimum absolute atomic E-state index is 0.0951. The molecule has 0 aliphatic rings. The summed E-state index contributed by atoms with van der Waals surface area (Å²) in [6.07, 6.45) is 1.99. The molecule has 1 aromatic rings. The number of hydrogen-bond acceptors (Lipinski definition) is 2. The fourth-order valence-electron chi connectivity index (χ4n) is 1.44. The molecule has 0 heterocycles. The van der Waals surface area contributed by atoms with Crippen molar-refractivity contribution in [2.24, 2.45) is 0 Å². The Morgan fingerprint density at radius 3 is 2.69 bits per heavy atom. The predicted octanol–water partition coefficient (Wildman–Crippen LogP) is 2.73. The third-order valence-electron chi connectivity index (χ3n) is 2.38. The van der Waals surface area contributed by atoms with E-state index in [1.165, 1.54) is 12.1 Å². The van der Waals surface area contributed by atoms with Crippen molar-refractivity contribution in [2.45, 2.75) is 25.8 Å². The van der Waals surface area contributed by atoms with Crippen LogP contribution in [-0.4, -0.2) is 19.7 Å². The van der Waals surface area contributed by atoms with Crippen LogP contribution in [-0.2, 0) is 0 Å². The Hall–Kier alpha value is -1.16. The van der Waals surface area contributed by atoms with Crippen LogP contribution >= 0.6 is 0 Å². The monoisotopic (exact) mass is 229 g/mol. The first-order valence-electron chi connectivity index (χ1n) is 5.42. The molecule has 0 saturated carbocycles. The van der Waals surface area contributed by atoms with E-state index >= 15 is 0 Å². The molecule has 90 valence electrons. The zero-order valence-electron chi connectivity index (χ0n) is 9.59. The van der Waals surface area contributed by atoms with E-state index in [1.54, 1.807) is 0 Å². The SMILES string of the molecule is CCCC(COc1ccc(F)cc1F)NC. The highest BCUT2D eigenvalue weighted by molar-refractivity contribution is 5.24. The van der Waals surface area contributed by atoms with E-state index in [0.717, 1.165) is 18.9 Å². The number of likely N-dealkylation sites (N-methyl/N-ethyl adjacent to an activating group) is 1. The Kier molecular flexibility index (Phi) is 5.19. The van der Waals surface area contributed by atoms with Crippen LogP contribution in [0.1, 0.15) is 19.8 Å². The third kappa shape index (κ3) is 3.77. The van der Waals surface area contributed by atoms with E-state index in [0.29, 0.717) is 6.61 Å². The summed E-state index contributed by atoms with van der Waals surface area (Å²) >= 11 is 0. The first kappa shape index (κ1) is 12.9. The molecule has 0 aliphatic carbocycles. The Morgan fingerprint density at radius 2 is 2.12 bits per heavy atom. The summed E-state index contributed by atoms with van der Waals surface area (Å²) in [5.41, 5.74) is 0. The molecule has 0 saturated heterocycles. The van der Waals surface area contributed by atoms with Crippen molar-refractivity contribution < 1.29 is 13.5 Å². The van der Waals surface area contributed by atoms with Gasteiger partial charge in [-0.25, -0.2) is 8.78 Å². The van der Waals surface area contributed by atoms with Gasteiger partial charge in [0.25, 0.3) is 0 Å². The van der Waals surface area contributed by atoms with Crippen molar-refractivity contribution >= 4 is 0 Å². The fraction of sp³-hybridized carbons (Fsp3) is 0.500. The van der Waals surface area contributed by atoms with E-state index in [2.05, 4.69) is 12.2 Å². The number of ether oxygens (including phenoxy) is 1. The van der Waals surface area contributed by atoms with Crippen LogP contribution in [0.15, 0.2) is 18.2 Å². The standard InChI is InChI=1S/C12H17F2NO/c1-3-4-10(15-2)8-16-12-6-5-9(13)7-11(12)14/h5-7,10,15H,3-4,8H2,1-2H3. The molecule has 1 aromatic carbocycles. The Balaban J connectivity index is 2.53. The van der Waals surface area contributed by atoms with Gasteiger partial charge < -0.3 is 10.1 Å². The molecular formula is C12H17F2NO. The highest BCUT2D eigenvalue weighted by Crippen LogP contribution is 2.17. The lowest BCUT2D eigenvalue weighted by Gasteiger charge is -2.16. The first-order valence-corrected chi connectivity index (χ1v) is 5.42. The maximum absolute atomic E-state index is 13.2. The summed E-state index contributed by atoms with van der Waals surface area (Å²) < 4.78 is 31.1. The fourth-order valence-corrected chi connectivity index (χ4v) is 1.44. The molecule has 16 heavy (non-hydrogen) atoms. The van der Waals surface area contributed by atoms with E-state index < -0.39 is 11.6 Å². The second-order valence-corrected chi connectivity index (χ2v) is 3.66. The van der Waals surface area contributed by atoms with Crippen LogP contribution in [0.3, 0.4) is 0 Å². The van der Waals surface area contributed by atoms with E-state index in [-0.39, 0.29) is 11.8 Å². The van der Waals surface area contributed by atoms with Gasteiger partial charge in [0, 0.05) is 12.1 Å². The summed E-state index contributed by atoms with van der Waals surface area (Å²) in [6, 6.07) is 3.51. The quantitative estimate of drug-likeness (QED) is 0.809. The largest absolute Gasteiger partial charge is 0.489 e. The zero-order valence-corrected chi connectivity index (χ0v) is 9.59. The summed E-state index contributed by atoms with van der Waals surface area (Å²) in [4.78, 5) is 0. The molecule has 2 nitrogen and oxygen atoms in total. The van der Waals surface area contributed by atoms with Crippen LogP contribution < -0.4 is 10.1 Å². The lowest BCUT2D eigenvalue weighted by Crippen LogP contribution is -2.31. The second-order valence-electron chi connectivity index (χ2n) is 3.66. The number of nitrogens with one attached hydrogen (secondary N) is 1. The number of rotatable bonds is 6.